The van der Waals surface area contributed by atoms with Crippen LogP contribution in [0.25, 0.3) is 0 Å². The zero-order valence-electron chi connectivity index (χ0n) is 10.4. The molecular formula is C13H18F3N. The minimum atomic E-state index is -4.25. The van der Waals surface area contributed by atoms with Gasteiger partial charge in [0.1, 0.15) is 0 Å². The Bertz CT molecular complexity index is 371. The molecule has 0 saturated heterocycles. The largest absolute Gasteiger partial charge is 0.416 e. The topological polar surface area (TPSA) is 12.0 Å². The van der Waals surface area contributed by atoms with Crippen LogP contribution in [0.2, 0.25) is 0 Å². The molecule has 0 amide bonds. The van der Waals surface area contributed by atoms with Crippen LogP contribution < -0.4 is 5.32 Å². The van der Waals surface area contributed by atoms with E-state index < -0.39 is 11.7 Å². The van der Waals surface area contributed by atoms with Gasteiger partial charge in [0.15, 0.2) is 0 Å². The van der Waals surface area contributed by atoms with E-state index in [1.165, 1.54) is 6.07 Å². The van der Waals surface area contributed by atoms with Crippen molar-refractivity contribution in [1.82, 2.24) is 5.32 Å². The summed E-state index contributed by atoms with van der Waals surface area (Å²) in [4.78, 5) is 0. The molecule has 0 radical (unpaired) electrons. The fourth-order valence-corrected chi connectivity index (χ4v) is 1.67. The first-order valence-electron chi connectivity index (χ1n) is 5.68. The molecule has 17 heavy (non-hydrogen) atoms. The Hall–Kier alpha value is -1.03. The van der Waals surface area contributed by atoms with Gasteiger partial charge in [-0.2, -0.15) is 13.2 Å². The summed E-state index contributed by atoms with van der Waals surface area (Å²) in [5, 5.41) is 3.11. The standard InChI is InChI=1S/C13H18F3N/c1-9-8-12(13(14,15)16)7-6-11(9)5-4-10(2)17-3/h6-8,10,17H,4-5H2,1-3H3. The molecule has 1 aromatic rings. The van der Waals surface area contributed by atoms with Crippen LogP contribution in [0.1, 0.15) is 30.0 Å². The van der Waals surface area contributed by atoms with E-state index in [2.05, 4.69) is 12.2 Å². The van der Waals surface area contributed by atoms with E-state index in [1.807, 2.05) is 7.05 Å². The number of alkyl halides is 3. The Morgan fingerprint density at radius 2 is 1.94 bits per heavy atom. The van der Waals surface area contributed by atoms with Gasteiger partial charge in [-0.3, -0.25) is 0 Å². The molecule has 1 rings (SSSR count). The average molecular weight is 245 g/mol. The van der Waals surface area contributed by atoms with Crippen LogP contribution in [0.15, 0.2) is 18.2 Å². The number of nitrogens with one attached hydrogen (secondary N) is 1. The van der Waals surface area contributed by atoms with Crippen molar-refractivity contribution >= 4 is 0 Å². The normalized spacial score (nSPS) is 13.8. The van der Waals surface area contributed by atoms with Gasteiger partial charge in [0.05, 0.1) is 5.56 Å². The van der Waals surface area contributed by atoms with Gasteiger partial charge >= 0.3 is 6.18 Å². The molecule has 1 unspecified atom stereocenters. The quantitative estimate of drug-likeness (QED) is 0.855. The fraction of sp³-hybridized carbons (Fsp3) is 0.538. The van der Waals surface area contributed by atoms with Crippen molar-refractivity contribution in [2.75, 3.05) is 7.05 Å². The SMILES string of the molecule is CNC(C)CCc1ccc(C(F)(F)F)cc1C. The van der Waals surface area contributed by atoms with Crippen molar-refractivity contribution < 1.29 is 13.2 Å². The molecule has 0 aromatic heterocycles. The molecule has 96 valence electrons. The highest BCUT2D eigenvalue weighted by molar-refractivity contribution is 5.32. The Labute approximate surface area is 100 Å². The highest BCUT2D eigenvalue weighted by Gasteiger charge is 2.30. The van der Waals surface area contributed by atoms with Crippen molar-refractivity contribution in [3.05, 3.63) is 34.9 Å². The van der Waals surface area contributed by atoms with Crippen LogP contribution in [-0.4, -0.2) is 13.1 Å². The van der Waals surface area contributed by atoms with Gasteiger partial charge in [-0.05, 0) is 57.0 Å². The van der Waals surface area contributed by atoms with Gasteiger partial charge in [0.25, 0.3) is 0 Å². The van der Waals surface area contributed by atoms with Gasteiger partial charge in [-0.1, -0.05) is 6.07 Å². The molecule has 4 heteroatoms. The Morgan fingerprint density at radius 1 is 1.29 bits per heavy atom. The second-order valence-electron chi connectivity index (χ2n) is 4.37. The summed E-state index contributed by atoms with van der Waals surface area (Å²) in [7, 11) is 1.88. The molecule has 1 nitrogen and oxygen atoms in total. The Balaban J connectivity index is 2.77. The smallest absolute Gasteiger partial charge is 0.317 e. The first-order chi connectivity index (χ1) is 7.84. The molecule has 0 aliphatic carbocycles. The Kier molecular flexibility index (Phi) is 4.57. The zero-order valence-corrected chi connectivity index (χ0v) is 10.4. The van der Waals surface area contributed by atoms with E-state index in [0.717, 1.165) is 24.5 Å². The second kappa shape index (κ2) is 5.54. The Morgan fingerprint density at radius 3 is 2.41 bits per heavy atom. The van der Waals surface area contributed by atoms with Crippen LogP contribution in [0.5, 0.6) is 0 Å². The second-order valence-corrected chi connectivity index (χ2v) is 4.37. The third-order valence-electron chi connectivity index (χ3n) is 3.01. The zero-order chi connectivity index (χ0) is 13.1. The van der Waals surface area contributed by atoms with Crippen molar-refractivity contribution in [3.8, 4) is 0 Å². The monoisotopic (exact) mass is 245 g/mol. The molecule has 1 aromatic carbocycles. The third-order valence-corrected chi connectivity index (χ3v) is 3.01. The lowest BCUT2D eigenvalue weighted by molar-refractivity contribution is -0.137. The van der Waals surface area contributed by atoms with E-state index in [1.54, 1.807) is 13.0 Å². The van der Waals surface area contributed by atoms with Crippen molar-refractivity contribution in [2.24, 2.45) is 0 Å². The van der Waals surface area contributed by atoms with Gasteiger partial charge in [0.2, 0.25) is 0 Å². The van der Waals surface area contributed by atoms with E-state index in [0.29, 0.717) is 11.6 Å². The maximum atomic E-state index is 12.5. The minimum Gasteiger partial charge on any atom is -0.317 e. The molecule has 0 aliphatic heterocycles. The first-order valence-corrected chi connectivity index (χ1v) is 5.68. The summed E-state index contributed by atoms with van der Waals surface area (Å²) in [5.41, 5.74) is 1.13. The molecule has 0 fully saturated rings. The molecule has 0 saturated carbocycles. The minimum absolute atomic E-state index is 0.372. The molecular weight excluding hydrogens is 227 g/mol. The van der Waals surface area contributed by atoms with Crippen LogP contribution in [0.3, 0.4) is 0 Å². The molecule has 1 N–H and O–H groups in total. The highest BCUT2D eigenvalue weighted by Crippen LogP contribution is 2.30. The lowest BCUT2D eigenvalue weighted by atomic mass is 9.99. The lowest BCUT2D eigenvalue weighted by Gasteiger charge is -2.13. The number of hydrogen-bond acceptors (Lipinski definition) is 1. The van der Waals surface area contributed by atoms with Crippen molar-refractivity contribution in [3.63, 3.8) is 0 Å². The average Bonchev–Trinajstić information content (AvgIpc) is 2.25. The van der Waals surface area contributed by atoms with E-state index in [9.17, 15) is 13.2 Å². The summed E-state index contributed by atoms with van der Waals surface area (Å²) < 4.78 is 37.4. The number of rotatable bonds is 4. The van der Waals surface area contributed by atoms with E-state index in [-0.39, 0.29) is 0 Å². The summed E-state index contributed by atoms with van der Waals surface area (Å²) in [6, 6.07) is 4.34. The number of halogens is 3. The number of benzene rings is 1. The maximum Gasteiger partial charge on any atom is 0.416 e. The summed E-state index contributed by atoms with van der Waals surface area (Å²) in [6.07, 6.45) is -2.53. The summed E-state index contributed by atoms with van der Waals surface area (Å²) >= 11 is 0. The molecule has 0 spiro atoms. The highest BCUT2D eigenvalue weighted by atomic mass is 19.4. The molecule has 0 heterocycles. The van der Waals surface area contributed by atoms with Gasteiger partial charge in [-0.25, -0.2) is 0 Å². The number of hydrogen-bond donors (Lipinski definition) is 1. The predicted molar refractivity (Wildman–Crippen MR) is 63.0 cm³/mol. The number of aryl methyl sites for hydroxylation is 2. The molecule has 0 bridgehead atoms. The summed E-state index contributed by atoms with van der Waals surface area (Å²) in [5.74, 6) is 0. The van der Waals surface area contributed by atoms with Crippen molar-refractivity contribution in [2.45, 2.75) is 38.9 Å². The molecule has 0 aliphatic rings. The maximum absolute atomic E-state index is 12.5. The van der Waals surface area contributed by atoms with E-state index in [4.69, 9.17) is 0 Å². The third kappa shape index (κ3) is 4.04. The van der Waals surface area contributed by atoms with Crippen LogP contribution in [0.4, 0.5) is 13.2 Å². The van der Waals surface area contributed by atoms with Gasteiger partial charge in [-0.15, -0.1) is 0 Å². The van der Waals surface area contributed by atoms with Crippen LogP contribution in [0, 0.1) is 6.92 Å². The van der Waals surface area contributed by atoms with E-state index >= 15 is 0 Å². The predicted octanol–water partition coefficient (Wildman–Crippen LogP) is 3.55. The first kappa shape index (κ1) is 14.0. The van der Waals surface area contributed by atoms with Crippen LogP contribution in [-0.2, 0) is 12.6 Å². The van der Waals surface area contributed by atoms with Crippen molar-refractivity contribution in [1.29, 1.82) is 0 Å². The molecule has 1 atom stereocenters. The van der Waals surface area contributed by atoms with Gasteiger partial charge < -0.3 is 5.32 Å². The lowest BCUT2D eigenvalue weighted by Crippen LogP contribution is -2.21. The fourth-order valence-electron chi connectivity index (χ4n) is 1.67. The summed E-state index contributed by atoms with van der Waals surface area (Å²) in [6.45, 7) is 3.79. The van der Waals surface area contributed by atoms with Gasteiger partial charge in [0, 0.05) is 6.04 Å². The van der Waals surface area contributed by atoms with Crippen LogP contribution >= 0.6 is 0 Å².